The fraction of sp³-hybridized carbons (Fsp3) is 0.579. The fourth-order valence-electron chi connectivity index (χ4n) is 3.98. The van der Waals surface area contributed by atoms with Gasteiger partial charge in [-0.05, 0) is 43.4 Å². The smallest absolute Gasteiger partial charge is 0.317 e. The molecule has 26 heavy (non-hydrogen) atoms. The summed E-state index contributed by atoms with van der Waals surface area (Å²) in [5.41, 5.74) is 0.964. The third-order valence-corrected chi connectivity index (χ3v) is 6.36. The highest BCUT2D eigenvalue weighted by molar-refractivity contribution is 6.42. The van der Waals surface area contributed by atoms with Crippen LogP contribution < -0.4 is 0 Å². The standard InChI is InChI=1S/C19H24Cl2N2O3/c1-2-22(11-17(24)25)12-6-8-23(9-7-12)19(26)15-10-14(15)13-4-3-5-16(20)18(13)21/h3-5,12,14-15H,2,6-11H2,1H3,(H,24,25). The lowest BCUT2D eigenvalue weighted by atomic mass is 10.0. The maximum atomic E-state index is 12.8. The Balaban J connectivity index is 1.55. The predicted octanol–water partition coefficient (Wildman–Crippen LogP) is 3.49. The van der Waals surface area contributed by atoms with Gasteiger partial charge in [-0.2, -0.15) is 0 Å². The molecule has 1 aliphatic carbocycles. The minimum atomic E-state index is -0.801. The molecule has 2 unspecified atom stereocenters. The number of rotatable bonds is 6. The van der Waals surface area contributed by atoms with Gasteiger partial charge >= 0.3 is 5.97 Å². The van der Waals surface area contributed by atoms with Crippen LogP contribution in [0.5, 0.6) is 0 Å². The van der Waals surface area contributed by atoms with Crippen LogP contribution in [0.15, 0.2) is 18.2 Å². The Morgan fingerprint density at radius 3 is 2.58 bits per heavy atom. The number of aliphatic carboxylic acids is 1. The molecule has 0 bridgehead atoms. The number of hydrogen-bond acceptors (Lipinski definition) is 3. The molecular weight excluding hydrogens is 375 g/mol. The lowest BCUT2D eigenvalue weighted by molar-refractivity contribution is -0.140. The van der Waals surface area contributed by atoms with Gasteiger partial charge in [0.2, 0.25) is 5.91 Å². The number of likely N-dealkylation sites (tertiary alicyclic amines) is 1. The summed E-state index contributed by atoms with van der Waals surface area (Å²) < 4.78 is 0. The molecular formula is C19H24Cl2N2O3. The van der Waals surface area contributed by atoms with Gasteiger partial charge in [0.1, 0.15) is 0 Å². The Morgan fingerprint density at radius 1 is 1.27 bits per heavy atom. The summed E-state index contributed by atoms with van der Waals surface area (Å²) in [7, 11) is 0. The Labute approximate surface area is 163 Å². The lowest BCUT2D eigenvalue weighted by Gasteiger charge is -2.37. The number of carboxylic acid groups (broad SMARTS) is 1. The second kappa shape index (κ2) is 8.15. The van der Waals surface area contributed by atoms with Gasteiger partial charge in [-0.25, -0.2) is 0 Å². The number of piperidine rings is 1. The van der Waals surface area contributed by atoms with Crippen LogP contribution in [0, 0.1) is 5.92 Å². The maximum absolute atomic E-state index is 12.8. The van der Waals surface area contributed by atoms with Crippen molar-refractivity contribution in [2.24, 2.45) is 5.92 Å². The minimum Gasteiger partial charge on any atom is -0.480 e. The van der Waals surface area contributed by atoms with Crippen molar-refractivity contribution in [3.05, 3.63) is 33.8 Å². The number of amides is 1. The van der Waals surface area contributed by atoms with E-state index < -0.39 is 5.97 Å². The summed E-state index contributed by atoms with van der Waals surface area (Å²) in [6, 6.07) is 5.81. The molecule has 1 heterocycles. The Kier molecular flexibility index (Phi) is 6.10. The molecule has 1 aliphatic heterocycles. The second-order valence-electron chi connectivity index (χ2n) is 7.11. The number of benzene rings is 1. The van der Waals surface area contributed by atoms with Crippen LogP contribution in [0.2, 0.25) is 10.0 Å². The highest BCUT2D eigenvalue weighted by Crippen LogP contribution is 2.51. The van der Waals surface area contributed by atoms with E-state index in [1.54, 1.807) is 6.07 Å². The van der Waals surface area contributed by atoms with E-state index in [1.807, 2.05) is 28.9 Å². The Bertz CT molecular complexity index is 689. The van der Waals surface area contributed by atoms with Crippen LogP contribution in [-0.2, 0) is 9.59 Å². The number of carbonyl (C=O) groups excluding carboxylic acids is 1. The Morgan fingerprint density at radius 2 is 1.96 bits per heavy atom. The van der Waals surface area contributed by atoms with Gasteiger partial charge in [-0.3, -0.25) is 14.5 Å². The Hall–Kier alpha value is -1.30. The topological polar surface area (TPSA) is 60.9 Å². The van der Waals surface area contributed by atoms with E-state index in [2.05, 4.69) is 0 Å². The summed E-state index contributed by atoms with van der Waals surface area (Å²) in [5.74, 6) is -0.468. The van der Waals surface area contributed by atoms with Crippen molar-refractivity contribution in [2.45, 2.75) is 38.1 Å². The van der Waals surface area contributed by atoms with Crippen LogP contribution in [0.25, 0.3) is 0 Å². The normalized spacial score (nSPS) is 23.3. The number of likely N-dealkylation sites (N-methyl/N-ethyl adjacent to an activating group) is 1. The van der Waals surface area contributed by atoms with Gasteiger partial charge in [0, 0.05) is 25.0 Å². The van der Waals surface area contributed by atoms with Crippen LogP contribution in [0.3, 0.4) is 0 Å². The summed E-state index contributed by atoms with van der Waals surface area (Å²) in [6.07, 6.45) is 2.46. The molecule has 2 atom stereocenters. The van der Waals surface area contributed by atoms with Crippen LogP contribution in [0.1, 0.15) is 37.7 Å². The molecule has 1 aromatic rings. The summed E-state index contributed by atoms with van der Waals surface area (Å²) in [6.45, 7) is 4.12. The first-order chi connectivity index (χ1) is 12.4. The molecule has 2 aliphatic rings. The van der Waals surface area contributed by atoms with Crippen LogP contribution in [-0.4, -0.2) is 59.0 Å². The molecule has 0 spiro atoms. The van der Waals surface area contributed by atoms with Crippen molar-refractivity contribution in [3.63, 3.8) is 0 Å². The minimum absolute atomic E-state index is 0.0104. The number of nitrogens with zero attached hydrogens (tertiary/aromatic N) is 2. The average molecular weight is 399 g/mol. The average Bonchev–Trinajstić information content (AvgIpc) is 3.42. The molecule has 1 amide bonds. The molecule has 1 saturated carbocycles. The molecule has 7 heteroatoms. The van der Waals surface area contributed by atoms with Crippen molar-refractivity contribution in [1.82, 2.24) is 9.80 Å². The van der Waals surface area contributed by atoms with E-state index in [4.69, 9.17) is 28.3 Å². The molecule has 0 radical (unpaired) electrons. The van der Waals surface area contributed by atoms with Gasteiger partial charge in [-0.1, -0.05) is 42.3 Å². The van der Waals surface area contributed by atoms with Crippen molar-refractivity contribution in [1.29, 1.82) is 0 Å². The second-order valence-corrected chi connectivity index (χ2v) is 7.89. The van der Waals surface area contributed by atoms with E-state index >= 15 is 0 Å². The molecule has 1 aromatic carbocycles. The quantitative estimate of drug-likeness (QED) is 0.796. The highest BCUT2D eigenvalue weighted by atomic mass is 35.5. The van der Waals surface area contributed by atoms with Crippen molar-refractivity contribution in [3.8, 4) is 0 Å². The number of carbonyl (C=O) groups is 2. The molecule has 5 nitrogen and oxygen atoms in total. The van der Waals surface area contributed by atoms with Crippen LogP contribution in [0.4, 0.5) is 0 Å². The fourth-order valence-corrected chi connectivity index (χ4v) is 4.43. The van der Waals surface area contributed by atoms with E-state index in [0.29, 0.717) is 29.7 Å². The van der Waals surface area contributed by atoms with Gasteiger partial charge in [-0.15, -0.1) is 0 Å². The van der Waals surface area contributed by atoms with E-state index in [1.165, 1.54) is 0 Å². The summed E-state index contributed by atoms with van der Waals surface area (Å²) >= 11 is 12.4. The molecule has 0 aromatic heterocycles. The van der Waals surface area contributed by atoms with Crippen LogP contribution >= 0.6 is 23.2 Å². The largest absolute Gasteiger partial charge is 0.480 e. The van der Waals surface area contributed by atoms with Gasteiger partial charge < -0.3 is 10.0 Å². The zero-order valence-electron chi connectivity index (χ0n) is 14.8. The van der Waals surface area contributed by atoms with Gasteiger partial charge in [0.05, 0.1) is 16.6 Å². The third kappa shape index (κ3) is 4.16. The van der Waals surface area contributed by atoms with Crippen molar-refractivity contribution in [2.75, 3.05) is 26.2 Å². The zero-order valence-corrected chi connectivity index (χ0v) is 16.3. The van der Waals surface area contributed by atoms with Gasteiger partial charge in [0.25, 0.3) is 0 Å². The van der Waals surface area contributed by atoms with Crippen molar-refractivity contribution >= 4 is 35.1 Å². The SMILES string of the molecule is CCN(CC(=O)O)C1CCN(C(=O)C2CC2c2cccc(Cl)c2Cl)CC1. The lowest BCUT2D eigenvalue weighted by Crippen LogP contribution is -2.48. The van der Waals surface area contributed by atoms with Gasteiger partial charge in [0.15, 0.2) is 0 Å². The van der Waals surface area contributed by atoms with E-state index in [9.17, 15) is 9.59 Å². The molecule has 1 N–H and O–H groups in total. The monoisotopic (exact) mass is 398 g/mol. The summed E-state index contributed by atoms with van der Waals surface area (Å²) in [5, 5.41) is 10.1. The number of carboxylic acids is 1. The first-order valence-corrected chi connectivity index (χ1v) is 9.86. The third-order valence-electron chi connectivity index (χ3n) is 5.53. The first-order valence-electron chi connectivity index (χ1n) is 9.10. The van der Waals surface area contributed by atoms with Crippen molar-refractivity contribution < 1.29 is 14.7 Å². The predicted molar refractivity (Wildman–Crippen MR) is 102 cm³/mol. The summed E-state index contributed by atoms with van der Waals surface area (Å²) in [4.78, 5) is 27.7. The van der Waals surface area contributed by atoms with E-state index in [0.717, 1.165) is 24.8 Å². The maximum Gasteiger partial charge on any atom is 0.317 e. The van der Waals surface area contributed by atoms with E-state index in [-0.39, 0.29) is 30.3 Å². The highest BCUT2D eigenvalue weighted by Gasteiger charge is 2.47. The molecule has 3 rings (SSSR count). The molecule has 2 fully saturated rings. The zero-order chi connectivity index (χ0) is 18.8. The molecule has 1 saturated heterocycles. The number of halogens is 2. The number of hydrogen-bond donors (Lipinski definition) is 1. The first kappa shape index (κ1) is 19.5. The molecule has 142 valence electrons.